The molecule has 2 rings (SSSR count). The number of aromatic nitrogens is 1. The molecule has 1 saturated heterocycles. The number of nitrogens with zero attached hydrogens (tertiary/aromatic N) is 2. The lowest BCUT2D eigenvalue weighted by Crippen LogP contribution is -2.31. The number of anilines is 1. The zero-order chi connectivity index (χ0) is 11.7. The molecule has 16 heavy (non-hydrogen) atoms. The molecular weight excluding hydrogens is 242 g/mol. The summed E-state index contributed by atoms with van der Waals surface area (Å²) in [6, 6.07) is 5.45. The Morgan fingerprint density at radius 1 is 1.56 bits per heavy atom. The van der Waals surface area contributed by atoms with Crippen molar-refractivity contribution in [1.82, 2.24) is 4.90 Å². The molecule has 1 fully saturated rings. The number of likely N-dealkylation sites (N-methyl/N-ethyl adjacent to an activating group) is 1. The Hall–Kier alpha value is -1.40. The average Bonchev–Trinajstić information content (AvgIpc) is 2.50. The van der Waals surface area contributed by atoms with Crippen molar-refractivity contribution in [3.05, 3.63) is 29.3 Å². The first kappa shape index (κ1) is 11.1. The molecular formula is C10H10N3OS2+. The molecule has 1 aliphatic heterocycles. The number of pyridine rings is 1. The number of thiocarbonyl (C=S) groups is 1. The molecule has 2 N–H and O–H groups in total. The van der Waals surface area contributed by atoms with Gasteiger partial charge in [0, 0.05) is 13.1 Å². The lowest BCUT2D eigenvalue weighted by molar-refractivity contribution is -0.552. The number of carbonyl (C=O) groups excluding carboxylic acids is 1. The van der Waals surface area contributed by atoms with Crippen molar-refractivity contribution in [2.45, 2.75) is 0 Å². The van der Waals surface area contributed by atoms with Crippen LogP contribution in [-0.2, 0) is 4.79 Å². The van der Waals surface area contributed by atoms with E-state index in [0.717, 1.165) is 0 Å². The smallest absolute Gasteiger partial charge is 0.276 e. The Balaban J connectivity index is 2.37. The van der Waals surface area contributed by atoms with Gasteiger partial charge in [-0.3, -0.25) is 15.4 Å². The molecule has 2 heterocycles. The third-order valence-electron chi connectivity index (χ3n) is 2.17. The van der Waals surface area contributed by atoms with E-state index in [-0.39, 0.29) is 5.91 Å². The fourth-order valence-electron chi connectivity index (χ4n) is 1.25. The van der Waals surface area contributed by atoms with Gasteiger partial charge in [-0.1, -0.05) is 30.0 Å². The van der Waals surface area contributed by atoms with E-state index in [1.807, 2.05) is 12.1 Å². The Morgan fingerprint density at radius 2 is 2.31 bits per heavy atom. The van der Waals surface area contributed by atoms with Crippen molar-refractivity contribution in [3.63, 3.8) is 0 Å². The molecule has 6 heteroatoms. The summed E-state index contributed by atoms with van der Waals surface area (Å²) in [5.41, 5.74) is 5.76. The van der Waals surface area contributed by atoms with E-state index in [0.29, 0.717) is 15.0 Å². The number of hydrogen-bond acceptors (Lipinski definition) is 4. The summed E-state index contributed by atoms with van der Waals surface area (Å²) in [6.45, 7) is 0. The van der Waals surface area contributed by atoms with Crippen LogP contribution in [-0.4, -0.2) is 22.2 Å². The highest BCUT2D eigenvalue weighted by molar-refractivity contribution is 8.26. The average molecular weight is 252 g/mol. The monoisotopic (exact) mass is 252 g/mol. The van der Waals surface area contributed by atoms with Gasteiger partial charge in [0.05, 0.1) is 6.20 Å². The minimum atomic E-state index is -0.0919. The number of rotatable bonds is 1. The van der Waals surface area contributed by atoms with Crippen molar-refractivity contribution >= 4 is 46.2 Å². The van der Waals surface area contributed by atoms with Gasteiger partial charge in [0.2, 0.25) is 0 Å². The maximum atomic E-state index is 11.7. The highest BCUT2D eigenvalue weighted by atomic mass is 32.2. The molecule has 0 spiro atoms. The number of hydrogen-bond donors (Lipinski definition) is 1. The Morgan fingerprint density at radius 3 is 2.88 bits per heavy atom. The number of nitrogens with two attached hydrogens (primary N) is 1. The van der Waals surface area contributed by atoms with E-state index < -0.39 is 0 Å². The van der Waals surface area contributed by atoms with E-state index in [1.165, 1.54) is 16.7 Å². The molecule has 0 radical (unpaired) electrons. The summed E-state index contributed by atoms with van der Waals surface area (Å²) in [6.07, 6.45) is 3.48. The molecule has 0 aromatic carbocycles. The van der Waals surface area contributed by atoms with Crippen molar-refractivity contribution in [3.8, 4) is 0 Å². The SMILES string of the molecule is CN1C(=O)/C(=C/[n+]2ccccc2N)SC1=S. The van der Waals surface area contributed by atoms with Crippen LogP contribution in [0, 0.1) is 0 Å². The summed E-state index contributed by atoms with van der Waals surface area (Å²) in [4.78, 5) is 13.8. The lowest BCUT2D eigenvalue weighted by atomic mass is 10.4. The van der Waals surface area contributed by atoms with Crippen LogP contribution in [0.15, 0.2) is 29.3 Å². The quantitative estimate of drug-likeness (QED) is 0.457. The predicted octanol–water partition coefficient (Wildman–Crippen LogP) is 0.845. The molecule has 4 nitrogen and oxygen atoms in total. The fourth-order valence-corrected chi connectivity index (χ4v) is 2.40. The van der Waals surface area contributed by atoms with Crippen LogP contribution in [0.5, 0.6) is 0 Å². The molecule has 1 amide bonds. The predicted molar refractivity (Wildman–Crippen MR) is 68.3 cm³/mol. The van der Waals surface area contributed by atoms with Crippen molar-refractivity contribution in [2.75, 3.05) is 12.8 Å². The van der Waals surface area contributed by atoms with Crippen LogP contribution in [0.1, 0.15) is 0 Å². The van der Waals surface area contributed by atoms with Gasteiger partial charge in [0.15, 0.2) is 0 Å². The first-order valence-corrected chi connectivity index (χ1v) is 5.79. The molecule has 0 saturated carbocycles. The van der Waals surface area contributed by atoms with E-state index in [9.17, 15) is 4.79 Å². The number of carbonyl (C=O) groups is 1. The second kappa shape index (κ2) is 4.23. The second-order valence-electron chi connectivity index (χ2n) is 3.26. The third-order valence-corrected chi connectivity index (χ3v) is 3.64. The van der Waals surface area contributed by atoms with Crippen LogP contribution in [0.3, 0.4) is 0 Å². The summed E-state index contributed by atoms with van der Waals surface area (Å²) < 4.78 is 2.26. The first-order chi connectivity index (χ1) is 7.59. The van der Waals surface area contributed by atoms with Crippen molar-refractivity contribution < 1.29 is 9.36 Å². The number of amides is 1. The van der Waals surface area contributed by atoms with Crippen LogP contribution >= 0.6 is 24.0 Å². The molecule has 0 bridgehead atoms. The Kier molecular flexibility index (Phi) is 2.93. The molecule has 1 aromatic heterocycles. The van der Waals surface area contributed by atoms with Gasteiger partial charge in [0.25, 0.3) is 11.7 Å². The summed E-state index contributed by atoms with van der Waals surface area (Å²) in [5, 5.41) is 0. The van der Waals surface area contributed by atoms with Crippen molar-refractivity contribution in [1.29, 1.82) is 0 Å². The summed E-state index contributed by atoms with van der Waals surface area (Å²) in [5.74, 6) is 0.481. The third kappa shape index (κ3) is 1.94. The number of thioether (sulfide) groups is 1. The maximum absolute atomic E-state index is 11.7. The van der Waals surface area contributed by atoms with Crippen LogP contribution in [0.4, 0.5) is 5.82 Å². The zero-order valence-electron chi connectivity index (χ0n) is 8.58. The molecule has 0 atom stereocenters. The minimum Gasteiger partial charge on any atom is -0.296 e. The molecule has 0 unspecified atom stereocenters. The lowest BCUT2D eigenvalue weighted by Gasteiger charge is -2.03. The Labute approximate surface area is 103 Å². The number of nitrogen functional groups attached to an aromatic ring is 1. The fraction of sp³-hybridized carbons (Fsp3) is 0.100. The van der Waals surface area contributed by atoms with Crippen LogP contribution in [0.25, 0.3) is 6.20 Å². The molecule has 1 aromatic rings. The largest absolute Gasteiger partial charge is 0.296 e. The van der Waals surface area contributed by atoms with Gasteiger partial charge in [-0.25, -0.2) is 4.57 Å². The van der Waals surface area contributed by atoms with E-state index in [4.69, 9.17) is 18.0 Å². The maximum Gasteiger partial charge on any atom is 0.276 e. The second-order valence-corrected chi connectivity index (χ2v) is 4.93. The molecule has 1 aliphatic rings. The molecule has 0 aliphatic carbocycles. The zero-order valence-corrected chi connectivity index (χ0v) is 10.2. The van der Waals surface area contributed by atoms with Gasteiger partial charge in [-0.15, -0.1) is 0 Å². The molecule has 82 valence electrons. The normalized spacial score (nSPS) is 18.6. The van der Waals surface area contributed by atoms with Gasteiger partial charge in [-0.05, 0) is 6.07 Å². The topological polar surface area (TPSA) is 50.2 Å². The van der Waals surface area contributed by atoms with E-state index in [2.05, 4.69) is 0 Å². The van der Waals surface area contributed by atoms with Gasteiger partial charge in [0.1, 0.15) is 15.4 Å². The van der Waals surface area contributed by atoms with Gasteiger partial charge < -0.3 is 0 Å². The minimum absolute atomic E-state index is 0.0919. The first-order valence-electron chi connectivity index (χ1n) is 4.57. The highest BCUT2D eigenvalue weighted by Crippen LogP contribution is 2.29. The van der Waals surface area contributed by atoms with E-state index in [1.54, 1.807) is 30.1 Å². The van der Waals surface area contributed by atoms with E-state index >= 15 is 0 Å². The standard InChI is InChI=1S/C10H9N3OS2/c1-12-9(14)7(16-10(12)15)6-13-5-3-2-4-8(13)11/h2-6,11H,1H3/p+1/b7-6-. The van der Waals surface area contributed by atoms with Crippen LogP contribution in [0.2, 0.25) is 0 Å². The summed E-state index contributed by atoms with van der Waals surface area (Å²) in [7, 11) is 1.66. The van der Waals surface area contributed by atoms with Gasteiger partial charge >= 0.3 is 0 Å². The van der Waals surface area contributed by atoms with Gasteiger partial charge in [-0.2, -0.15) is 0 Å². The summed E-state index contributed by atoms with van der Waals surface area (Å²) >= 11 is 6.31. The van der Waals surface area contributed by atoms with Crippen molar-refractivity contribution in [2.24, 2.45) is 0 Å². The highest BCUT2D eigenvalue weighted by Gasteiger charge is 2.29. The Bertz CT molecular complexity index is 499. The van der Waals surface area contributed by atoms with Crippen LogP contribution < -0.4 is 10.3 Å².